The maximum Gasteiger partial charge on any atom is 0.145 e. The van der Waals surface area contributed by atoms with E-state index in [0.29, 0.717) is 10.8 Å². The third-order valence-corrected chi connectivity index (χ3v) is 0.987. The van der Waals surface area contributed by atoms with E-state index in [4.69, 9.17) is 17.3 Å². The second-order valence-corrected chi connectivity index (χ2v) is 1.66. The van der Waals surface area contributed by atoms with Gasteiger partial charge in [0.15, 0.2) is 0 Å². The summed E-state index contributed by atoms with van der Waals surface area (Å²) in [4.78, 5) is 7.24. The molecule has 0 saturated heterocycles. The van der Waals surface area contributed by atoms with Gasteiger partial charge >= 0.3 is 0 Å². The van der Waals surface area contributed by atoms with E-state index in [0.717, 1.165) is 0 Å². The maximum atomic E-state index is 5.46. The van der Waals surface area contributed by atoms with Crippen LogP contribution in [0.5, 0.6) is 0 Å². The minimum Gasteiger partial charge on any atom is -0.382 e. The molecule has 0 aliphatic heterocycles. The Morgan fingerprint density at radius 3 is 2.75 bits per heavy atom. The molecular weight excluding hydrogens is 126 g/mol. The molecule has 0 saturated carbocycles. The first-order valence-electron chi connectivity index (χ1n) is 2.01. The van der Waals surface area contributed by atoms with Gasteiger partial charge in [0.1, 0.15) is 17.2 Å². The second-order valence-electron chi connectivity index (χ2n) is 1.26. The standard InChI is InChI=1S/C4H4ClN3/c5-3-1-7-2-8-4(3)6/h1-2H,(H2,6,7,8). The third kappa shape index (κ3) is 0.869. The summed E-state index contributed by atoms with van der Waals surface area (Å²) in [5.74, 6) is 0.321. The van der Waals surface area contributed by atoms with Gasteiger partial charge < -0.3 is 5.73 Å². The summed E-state index contributed by atoms with van der Waals surface area (Å²) in [5, 5.41) is 0.396. The zero-order valence-corrected chi connectivity index (χ0v) is 4.76. The molecule has 0 unspecified atom stereocenters. The number of nitrogens with zero attached hydrogens (tertiary/aromatic N) is 2. The lowest BCUT2D eigenvalue weighted by Gasteiger charge is -1.89. The lowest BCUT2D eigenvalue weighted by atomic mass is 10.6. The smallest absolute Gasteiger partial charge is 0.145 e. The van der Waals surface area contributed by atoms with Crippen LogP contribution in [0.1, 0.15) is 0 Å². The number of hydrogen-bond donors (Lipinski definition) is 1. The fourth-order valence-corrected chi connectivity index (χ4v) is 0.427. The molecule has 0 aromatic carbocycles. The molecule has 0 amide bonds. The topological polar surface area (TPSA) is 51.8 Å². The van der Waals surface area contributed by atoms with Crippen molar-refractivity contribution in [2.45, 2.75) is 0 Å². The molecule has 4 heteroatoms. The maximum absolute atomic E-state index is 5.46. The molecule has 0 fully saturated rings. The van der Waals surface area contributed by atoms with Gasteiger partial charge in [0.2, 0.25) is 0 Å². The van der Waals surface area contributed by atoms with E-state index in [2.05, 4.69) is 9.97 Å². The molecule has 0 spiro atoms. The summed E-state index contributed by atoms with van der Waals surface area (Å²) < 4.78 is 0. The minimum atomic E-state index is 0.321. The molecular formula is C4H4ClN3. The van der Waals surface area contributed by atoms with Gasteiger partial charge in [0.05, 0.1) is 6.20 Å². The Labute approximate surface area is 51.5 Å². The van der Waals surface area contributed by atoms with Crippen LogP contribution in [0, 0.1) is 0 Å². The normalized spacial score (nSPS) is 9.12. The van der Waals surface area contributed by atoms with Gasteiger partial charge in [-0.3, -0.25) is 0 Å². The van der Waals surface area contributed by atoms with E-state index >= 15 is 0 Å². The molecule has 42 valence electrons. The van der Waals surface area contributed by atoms with E-state index < -0.39 is 0 Å². The van der Waals surface area contributed by atoms with Gasteiger partial charge in [-0.05, 0) is 0 Å². The van der Waals surface area contributed by atoms with Crippen molar-refractivity contribution in [3.63, 3.8) is 0 Å². The predicted octanol–water partition coefficient (Wildman–Crippen LogP) is 0.712. The fourth-order valence-electron chi connectivity index (χ4n) is 0.322. The van der Waals surface area contributed by atoms with Crippen molar-refractivity contribution >= 4 is 17.4 Å². The Morgan fingerprint density at radius 2 is 2.38 bits per heavy atom. The summed E-state index contributed by atoms with van der Waals surface area (Å²) in [6.45, 7) is 0. The quantitative estimate of drug-likeness (QED) is 0.562. The Morgan fingerprint density at radius 1 is 1.62 bits per heavy atom. The highest BCUT2D eigenvalue weighted by Gasteiger charge is 1.90. The molecule has 0 radical (unpaired) electrons. The van der Waals surface area contributed by atoms with E-state index in [1.807, 2.05) is 0 Å². The van der Waals surface area contributed by atoms with Crippen molar-refractivity contribution in [2.24, 2.45) is 0 Å². The summed E-state index contributed by atoms with van der Waals surface area (Å²) in [6, 6.07) is 0. The van der Waals surface area contributed by atoms with Crippen molar-refractivity contribution < 1.29 is 0 Å². The van der Waals surface area contributed by atoms with Crippen molar-refractivity contribution in [1.29, 1.82) is 0 Å². The summed E-state index contributed by atoms with van der Waals surface area (Å²) in [7, 11) is 0. The molecule has 0 bridgehead atoms. The molecule has 1 aromatic rings. The van der Waals surface area contributed by atoms with E-state index in [1.165, 1.54) is 12.5 Å². The Hall–Kier alpha value is -0.830. The Bertz CT molecular complexity index is 167. The Balaban J connectivity index is 3.13. The largest absolute Gasteiger partial charge is 0.382 e. The van der Waals surface area contributed by atoms with Gasteiger partial charge in [-0.2, -0.15) is 0 Å². The first kappa shape index (κ1) is 5.31. The van der Waals surface area contributed by atoms with E-state index in [1.54, 1.807) is 0 Å². The van der Waals surface area contributed by atoms with Gasteiger partial charge in [0, 0.05) is 0 Å². The van der Waals surface area contributed by atoms with Crippen LogP contribution in [-0.4, -0.2) is 9.97 Å². The second kappa shape index (κ2) is 1.96. The van der Waals surface area contributed by atoms with Gasteiger partial charge in [0.25, 0.3) is 0 Å². The minimum absolute atomic E-state index is 0.321. The molecule has 8 heavy (non-hydrogen) atoms. The summed E-state index contributed by atoms with van der Waals surface area (Å²) in [6.07, 6.45) is 2.80. The number of nitrogens with two attached hydrogens (primary N) is 1. The SMILES string of the molecule is Nc1ncncc1Cl. The van der Waals surface area contributed by atoms with Crippen LogP contribution in [0.15, 0.2) is 12.5 Å². The monoisotopic (exact) mass is 129 g/mol. The molecule has 1 rings (SSSR count). The van der Waals surface area contributed by atoms with Crippen molar-refractivity contribution in [2.75, 3.05) is 5.73 Å². The van der Waals surface area contributed by atoms with Gasteiger partial charge in [-0.25, -0.2) is 9.97 Å². The zero-order chi connectivity index (χ0) is 5.98. The van der Waals surface area contributed by atoms with Crippen LogP contribution in [0.25, 0.3) is 0 Å². The highest BCUT2D eigenvalue weighted by atomic mass is 35.5. The fraction of sp³-hybridized carbons (Fsp3) is 0. The number of anilines is 1. The lowest BCUT2D eigenvalue weighted by molar-refractivity contribution is 1.18. The van der Waals surface area contributed by atoms with Crippen LogP contribution in [0.2, 0.25) is 5.02 Å². The van der Waals surface area contributed by atoms with Crippen molar-refractivity contribution in [1.82, 2.24) is 9.97 Å². The third-order valence-electron chi connectivity index (χ3n) is 0.696. The number of hydrogen-bond acceptors (Lipinski definition) is 3. The van der Waals surface area contributed by atoms with Crippen LogP contribution in [0.3, 0.4) is 0 Å². The lowest BCUT2D eigenvalue weighted by Crippen LogP contribution is -1.89. The van der Waals surface area contributed by atoms with Crippen molar-refractivity contribution in [3.05, 3.63) is 17.5 Å². The molecule has 0 aliphatic rings. The number of nitrogen functional groups attached to an aromatic ring is 1. The zero-order valence-electron chi connectivity index (χ0n) is 4.00. The van der Waals surface area contributed by atoms with Gasteiger partial charge in [-0.1, -0.05) is 11.6 Å². The van der Waals surface area contributed by atoms with Gasteiger partial charge in [-0.15, -0.1) is 0 Å². The van der Waals surface area contributed by atoms with Crippen LogP contribution in [0.4, 0.5) is 5.82 Å². The van der Waals surface area contributed by atoms with E-state index in [-0.39, 0.29) is 0 Å². The Kier molecular flexibility index (Phi) is 1.30. The molecule has 1 aromatic heterocycles. The van der Waals surface area contributed by atoms with Crippen molar-refractivity contribution in [3.8, 4) is 0 Å². The number of rotatable bonds is 0. The van der Waals surface area contributed by atoms with Crippen LogP contribution in [-0.2, 0) is 0 Å². The summed E-state index contributed by atoms with van der Waals surface area (Å²) in [5.41, 5.74) is 5.24. The van der Waals surface area contributed by atoms with Crippen LogP contribution >= 0.6 is 11.6 Å². The predicted molar refractivity (Wildman–Crippen MR) is 31.5 cm³/mol. The molecule has 0 aliphatic carbocycles. The molecule has 1 heterocycles. The molecule has 3 nitrogen and oxygen atoms in total. The number of halogens is 1. The first-order chi connectivity index (χ1) is 3.80. The van der Waals surface area contributed by atoms with E-state index in [9.17, 15) is 0 Å². The average molecular weight is 130 g/mol. The van der Waals surface area contributed by atoms with Crippen LogP contribution < -0.4 is 5.73 Å². The highest BCUT2D eigenvalue weighted by molar-refractivity contribution is 6.32. The average Bonchev–Trinajstić information content (AvgIpc) is 1.77. The number of aromatic nitrogens is 2. The molecule has 2 N–H and O–H groups in total. The first-order valence-corrected chi connectivity index (χ1v) is 2.39. The molecule has 0 atom stereocenters. The summed E-state index contributed by atoms with van der Waals surface area (Å²) >= 11 is 5.46. The highest BCUT2D eigenvalue weighted by Crippen LogP contribution is 2.10.